The van der Waals surface area contributed by atoms with Gasteiger partial charge < -0.3 is 9.88 Å². The van der Waals surface area contributed by atoms with Gasteiger partial charge in [0.15, 0.2) is 0 Å². The number of hydrogen-bond donors (Lipinski definition) is 2. The lowest BCUT2D eigenvalue weighted by Gasteiger charge is -2.33. The van der Waals surface area contributed by atoms with Gasteiger partial charge in [-0.05, 0) is 81.9 Å². The van der Waals surface area contributed by atoms with E-state index in [0.717, 1.165) is 22.6 Å². The first-order valence-corrected chi connectivity index (χ1v) is 19.7. The molecule has 8 aromatic carbocycles. The second kappa shape index (κ2) is 14.6. The second-order valence-corrected chi connectivity index (χ2v) is 14.8. The van der Waals surface area contributed by atoms with Crippen molar-refractivity contribution < 1.29 is 0 Å². The smallest absolute Gasteiger partial charge is 0.130 e. The Hall–Kier alpha value is -7.01. The molecule has 57 heavy (non-hydrogen) atoms. The normalized spacial score (nSPS) is 13.7. The zero-order chi connectivity index (χ0) is 38.2. The maximum Gasteiger partial charge on any atom is 0.130 e. The van der Waals surface area contributed by atoms with Gasteiger partial charge in [0.2, 0.25) is 0 Å². The number of para-hydroxylation sites is 1. The standard InChI is InChI=1S/C53H42N4/c1-54-51(38-20-6-2-7-21-38)56-52(39-22-8-3-9-23-39)55-36-37-19-18-28-42(33-37)57-49-32-17-15-30-44(49)46-34-48-45(35-50(46)57)43-29-14-16-31-47(43)53(48,40-24-10-4-11-25-40)41-26-12-5-13-27-41/h2-35,51,54H,36H2,1H3,(H,55,56). The molecule has 1 atom stereocenters. The molecule has 0 saturated carbocycles. The van der Waals surface area contributed by atoms with Crippen molar-refractivity contribution in [3.8, 4) is 16.8 Å². The van der Waals surface area contributed by atoms with E-state index in [1.807, 2.05) is 19.2 Å². The Bertz CT molecular complexity index is 2840. The van der Waals surface area contributed by atoms with Gasteiger partial charge >= 0.3 is 0 Å². The van der Waals surface area contributed by atoms with E-state index in [1.165, 1.54) is 60.8 Å². The topological polar surface area (TPSA) is 41.4 Å². The number of hydrogen-bond acceptors (Lipinski definition) is 2. The lowest BCUT2D eigenvalue weighted by atomic mass is 9.67. The van der Waals surface area contributed by atoms with Crippen molar-refractivity contribution in [2.75, 3.05) is 7.05 Å². The Morgan fingerprint density at radius 3 is 1.89 bits per heavy atom. The van der Waals surface area contributed by atoms with Gasteiger partial charge in [0, 0.05) is 28.6 Å². The lowest BCUT2D eigenvalue weighted by molar-refractivity contribution is 0.620. The predicted molar refractivity (Wildman–Crippen MR) is 236 cm³/mol. The highest BCUT2D eigenvalue weighted by Crippen LogP contribution is 2.57. The molecule has 0 radical (unpaired) electrons. The Labute approximate surface area is 333 Å². The van der Waals surface area contributed by atoms with Gasteiger partial charge in [0.05, 0.1) is 16.4 Å². The van der Waals surface area contributed by atoms with Crippen LogP contribution in [0.4, 0.5) is 0 Å². The van der Waals surface area contributed by atoms with Crippen LogP contribution >= 0.6 is 0 Å². The van der Waals surface area contributed by atoms with Crippen LogP contribution in [-0.2, 0) is 12.0 Å². The number of nitrogens with zero attached hydrogens (tertiary/aromatic N) is 2. The summed E-state index contributed by atoms with van der Waals surface area (Å²) in [6, 6.07) is 74.5. The lowest BCUT2D eigenvalue weighted by Crippen LogP contribution is -2.28. The highest BCUT2D eigenvalue weighted by molar-refractivity contribution is 6.12. The molecule has 10 rings (SSSR count). The SMILES string of the molecule is CNC(/N=C(\NCc1cccc(-n2c3ccccc3c3cc4c(cc32)-c2ccccc2C4(c2ccccc2)c2ccccc2)c1)c1ccccc1)c1ccccc1. The van der Waals surface area contributed by atoms with E-state index in [-0.39, 0.29) is 6.17 Å². The molecule has 1 heterocycles. The van der Waals surface area contributed by atoms with Crippen molar-refractivity contribution in [1.82, 2.24) is 15.2 Å². The number of aliphatic imine (C=N–C) groups is 1. The maximum absolute atomic E-state index is 5.20. The van der Waals surface area contributed by atoms with E-state index in [0.29, 0.717) is 6.54 Å². The first kappa shape index (κ1) is 34.5. The highest BCUT2D eigenvalue weighted by atomic mass is 15.1. The van der Waals surface area contributed by atoms with Crippen LogP contribution in [0.1, 0.15) is 45.1 Å². The largest absolute Gasteiger partial charge is 0.366 e. The monoisotopic (exact) mass is 734 g/mol. The summed E-state index contributed by atoms with van der Waals surface area (Å²) >= 11 is 0. The molecule has 0 fully saturated rings. The van der Waals surface area contributed by atoms with Crippen LogP contribution < -0.4 is 10.6 Å². The summed E-state index contributed by atoms with van der Waals surface area (Å²) in [6.07, 6.45) is -0.188. The van der Waals surface area contributed by atoms with Crippen LogP contribution in [0.15, 0.2) is 211 Å². The third-order valence-corrected chi connectivity index (χ3v) is 11.6. The second-order valence-electron chi connectivity index (χ2n) is 14.8. The van der Waals surface area contributed by atoms with Crippen molar-refractivity contribution in [2.24, 2.45) is 4.99 Å². The number of nitrogens with one attached hydrogen (secondary N) is 2. The summed E-state index contributed by atoms with van der Waals surface area (Å²) in [5.74, 6) is 0.843. The van der Waals surface area contributed by atoms with Crippen LogP contribution in [0.5, 0.6) is 0 Å². The number of benzene rings is 8. The van der Waals surface area contributed by atoms with Gasteiger partial charge in [-0.15, -0.1) is 0 Å². The van der Waals surface area contributed by atoms with Gasteiger partial charge in [-0.1, -0.05) is 176 Å². The summed E-state index contributed by atoms with van der Waals surface area (Å²) in [5.41, 5.74) is 14.1. The fourth-order valence-corrected chi connectivity index (χ4v) is 9.06. The molecule has 0 saturated heterocycles. The van der Waals surface area contributed by atoms with Crippen LogP contribution in [-0.4, -0.2) is 17.5 Å². The van der Waals surface area contributed by atoms with Gasteiger partial charge in [-0.3, -0.25) is 5.32 Å². The number of amidine groups is 1. The first-order valence-electron chi connectivity index (χ1n) is 19.7. The Balaban J connectivity index is 1.11. The molecule has 1 aromatic heterocycles. The molecule has 1 aliphatic rings. The average Bonchev–Trinajstić information content (AvgIpc) is 3.77. The molecule has 0 spiro atoms. The van der Waals surface area contributed by atoms with Crippen LogP contribution in [0.3, 0.4) is 0 Å². The van der Waals surface area contributed by atoms with E-state index in [4.69, 9.17) is 4.99 Å². The van der Waals surface area contributed by atoms with Gasteiger partial charge in [0.1, 0.15) is 12.0 Å². The minimum Gasteiger partial charge on any atom is -0.366 e. The minimum atomic E-state index is -0.456. The van der Waals surface area contributed by atoms with E-state index >= 15 is 0 Å². The molecule has 274 valence electrons. The Morgan fingerprint density at radius 2 is 1.18 bits per heavy atom. The van der Waals surface area contributed by atoms with Crippen LogP contribution in [0.2, 0.25) is 0 Å². The molecule has 1 unspecified atom stereocenters. The maximum atomic E-state index is 5.20. The first-order chi connectivity index (χ1) is 28.2. The van der Waals surface area contributed by atoms with Crippen molar-refractivity contribution in [2.45, 2.75) is 18.1 Å². The fraction of sp³-hybridized carbons (Fsp3) is 0.0755. The summed E-state index contributed by atoms with van der Waals surface area (Å²) in [4.78, 5) is 5.20. The zero-order valence-corrected chi connectivity index (χ0v) is 31.8. The molecule has 9 aromatic rings. The summed E-state index contributed by atoms with van der Waals surface area (Å²) < 4.78 is 2.45. The quantitative estimate of drug-likeness (QED) is 0.115. The molecule has 0 bridgehead atoms. The van der Waals surface area contributed by atoms with Crippen molar-refractivity contribution in [3.63, 3.8) is 0 Å². The average molecular weight is 735 g/mol. The van der Waals surface area contributed by atoms with Crippen LogP contribution in [0, 0.1) is 0 Å². The number of fused-ring (bicyclic) bond motifs is 6. The fourth-order valence-electron chi connectivity index (χ4n) is 9.06. The molecular formula is C53H42N4. The van der Waals surface area contributed by atoms with E-state index in [2.05, 4.69) is 209 Å². The van der Waals surface area contributed by atoms with Gasteiger partial charge in [-0.25, -0.2) is 4.99 Å². The molecule has 0 aliphatic heterocycles. The third-order valence-electron chi connectivity index (χ3n) is 11.6. The molecule has 4 heteroatoms. The minimum absolute atomic E-state index is 0.188. The van der Waals surface area contributed by atoms with Crippen molar-refractivity contribution >= 4 is 27.6 Å². The molecule has 0 amide bonds. The van der Waals surface area contributed by atoms with E-state index in [9.17, 15) is 0 Å². The van der Waals surface area contributed by atoms with E-state index < -0.39 is 5.41 Å². The van der Waals surface area contributed by atoms with Crippen molar-refractivity contribution in [3.05, 3.63) is 245 Å². The summed E-state index contributed by atoms with van der Waals surface area (Å²) in [6.45, 7) is 0.614. The Morgan fingerprint density at radius 1 is 0.544 bits per heavy atom. The number of aromatic nitrogens is 1. The highest BCUT2D eigenvalue weighted by Gasteiger charge is 2.46. The summed E-state index contributed by atoms with van der Waals surface area (Å²) in [5, 5.41) is 9.60. The van der Waals surface area contributed by atoms with Crippen molar-refractivity contribution in [1.29, 1.82) is 0 Å². The molecular weight excluding hydrogens is 693 g/mol. The van der Waals surface area contributed by atoms with Gasteiger partial charge in [-0.2, -0.15) is 0 Å². The number of rotatable bonds is 9. The predicted octanol–water partition coefficient (Wildman–Crippen LogP) is 11.6. The van der Waals surface area contributed by atoms with E-state index in [1.54, 1.807) is 0 Å². The third kappa shape index (κ3) is 5.85. The zero-order valence-electron chi connectivity index (χ0n) is 31.8. The van der Waals surface area contributed by atoms with Crippen LogP contribution in [0.25, 0.3) is 38.6 Å². The molecule has 2 N–H and O–H groups in total. The Kier molecular flexibility index (Phi) is 8.81. The molecule has 4 nitrogen and oxygen atoms in total. The van der Waals surface area contributed by atoms with Gasteiger partial charge in [0.25, 0.3) is 0 Å². The molecule has 1 aliphatic carbocycles. The summed E-state index contributed by atoms with van der Waals surface area (Å²) in [7, 11) is 1.95.